The first-order chi connectivity index (χ1) is 16.3. The summed E-state index contributed by atoms with van der Waals surface area (Å²) >= 11 is 0. The van der Waals surface area contributed by atoms with E-state index in [-0.39, 0.29) is 37.5 Å². The first kappa shape index (κ1) is 20.7. The van der Waals surface area contributed by atoms with Crippen molar-refractivity contribution in [2.75, 3.05) is 6.79 Å². The van der Waals surface area contributed by atoms with Crippen molar-refractivity contribution in [2.24, 2.45) is 0 Å². The molecule has 2 atom stereocenters. The molecule has 10 nitrogen and oxygen atoms in total. The van der Waals surface area contributed by atoms with Crippen LogP contribution in [0.1, 0.15) is 37.0 Å². The lowest BCUT2D eigenvalue weighted by atomic mass is 9.83. The standard InChI is InChI=1S/C24H20N2O8/c1-3-24(30)15-6-17-20-13(4-12-5-18-19(33-10-32-18)7-16(12)25-20)8-26(17)22(28)14(15)9-31-23(29)21(24)34-11(2)27/h4-7,21,30H,3,8-10H2,1-2H3/t21-,24-/m0/s1. The maximum atomic E-state index is 13.5. The summed E-state index contributed by atoms with van der Waals surface area (Å²) in [6.07, 6.45) is -1.58. The van der Waals surface area contributed by atoms with Crippen molar-refractivity contribution in [1.29, 1.82) is 0 Å². The summed E-state index contributed by atoms with van der Waals surface area (Å²) in [6.45, 7) is 2.88. The summed E-state index contributed by atoms with van der Waals surface area (Å²) in [5, 5.41) is 12.4. The van der Waals surface area contributed by atoms with Gasteiger partial charge in [0.25, 0.3) is 5.56 Å². The molecule has 6 rings (SSSR count). The van der Waals surface area contributed by atoms with Gasteiger partial charge >= 0.3 is 11.9 Å². The number of pyridine rings is 2. The molecule has 0 radical (unpaired) electrons. The van der Waals surface area contributed by atoms with E-state index < -0.39 is 29.2 Å². The summed E-state index contributed by atoms with van der Waals surface area (Å²) < 4.78 is 22.9. The number of hydrogen-bond donors (Lipinski definition) is 1. The molecule has 0 amide bonds. The van der Waals surface area contributed by atoms with Gasteiger partial charge in [0.1, 0.15) is 12.2 Å². The number of nitrogens with zero attached hydrogens (tertiary/aromatic N) is 2. The van der Waals surface area contributed by atoms with E-state index in [1.54, 1.807) is 23.6 Å². The monoisotopic (exact) mass is 464 g/mol. The van der Waals surface area contributed by atoms with Crippen molar-refractivity contribution >= 4 is 22.8 Å². The van der Waals surface area contributed by atoms with Gasteiger partial charge in [-0.15, -0.1) is 0 Å². The van der Waals surface area contributed by atoms with Gasteiger partial charge in [-0.2, -0.15) is 0 Å². The molecule has 174 valence electrons. The van der Waals surface area contributed by atoms with Crippen LogP contribution in [0, 0.1) is 0 Å². The summed E-state index contributed by atoms with van der Waals surface area (Å²) in [4.78, 5) is 42.6. The molecule has 0 spiro atoms. The van der Waals surface area contributed by atoms with Crippen molar-refractivity contribution in [3.05, 3.63) is 51.3 Å². The average Bonchev–Trinajstić information content (AvgIpc) is 3.39. The number of carbonyl (C=O) groups is 2. The van der Waals surface area contributed by atoms with Crippen molar-refractivity contribution < 1.29 is 33.6 Å². The molecule has 3 aromatic rings. The number of aromatic nitrogens is 2. The lowest BCUT2D eigenvalue weighted by Gasteiger charge is -2.32. The van der Waals surface area contributed by atoms with Gasteiger partial charge in [-0.05, 0) is 24.6 Å². The molecule has 3 aliphatic heterocycles. The number of hydrogen-bond acceptors (Lipinski definition) is 9. The summed E-state index contributed by atoms with van der Waals surface area (Å²) in [5.41, 5.74) is 0.601. The van der Waals surface area contributed by atoms with E-state index in [1.165, 1.54) is 0 Å². The van der Waals surface area contributed by atoms with Gasteiger partial charge in [0, 0.05) is 29.5 Å². The molecule has 2 aromatic heterocycles. The van der Waals surface area contributed by atoms with Crippen LogP contribution in [0.2, 0.25) is 0 Å². The molecule has 0 fully saturated rings. The van der Waals surface area contributed by atoms with E-state index in [0.717, 1.165) is 17.9 Å². The second kappa shape index (κ2) is 7.04. The topological polar surface area (TPSA) is 126 Å². The van der Waals surface area contributed by atoms with Crippen LogP contribution in [-0.2, 0) is 37.8 Å². The molecule has 0 saturated heterocycles. The van der Waals surface area contributed by atoms with Gasteiger partial charge in [-0.3, -0.25) is 9.59 Å². The van der Waals surface area contributed by atoms with Gasteiger partial charge in [-0.1, -0.05) is 6.92 Å². The van der Waals surface area contributed by atoms with E-state index in [1.807, 2.05) is 12.1 Å². The van der Waals surface area contributed by atoms with Crippen molar-refractivity contribution in [2.45, 2.75) is 45.1 Å². The average molecular weight is 464 g/mol. The lowest BCUT2D eigenvalue weighted by molar-refractivity contribution is -0.186. The molecule has 5 heterocycles. The van der Waals surface area contributed by atoms with Crippen LogP contribution in [0.25, 0.3) is 22.3 Å². The predicted octanol–water partition coefficient (Wildman–Crippen LogP) is 1.74. The molecule has 3 aliphatic rings. The van der Waals surface area contributed by atoms with E-state index in [4.69, 9.17) is 23.9 Å². The Hall–Kier alpha value is -3.92. The smallest absolute Gasteiger partial charge is 0.351 e. The molecule has 0 bridgehead atoms. The zero-order chi connectivity index (χ0) is 23.8. The van der Waals surface area contributed by atoms with Crippen LogP contribution in [0.3, 0.4) is 0 Å². The molecular formula is C24H20N2O8. The minimum absolute atomic E-state index is 0.0113. The van der Waals surface area contributed by atoms with Crippen LogP contribution in [-0.4, -0.2) is 39.5 Å². The predicted molar refractivity (Wildman–Crippen MR) is 116 cm³/mol. The Morgan fingerprint density at radius 1 is 1.21 bits per heavy atom. The highest BCUT2D eigenvalue weighted by Crippen LogP contribution is 2.41. The van der Waals surface area contributed by atoms with Gasteiger partial charge < -0.3 is 28.6 Å². The minimum atomic E-state index is -1.94. The maximum Gasteiger partial charge on any atom is 0.351 e. The fourth-order valence-corrected chi connectivity index (χ4v) is 4.93. The zero-order valence-electron chi connectivity index (χ0n) is 18.4. The Kier molecular flexibility index (Phi) is 4.28. The second-order valence-corrected chi connectivity index (χ2v) is 8.58. The van der Waals surface area contributed by atoms with Gasteiger partial charge in [0.2, 0.25) is 12.9 Å². The molecule has 10 heteroatoms. The number of benzene rings is 1. The first-order valence-electron chi connectivity index (χ1n) is 10.9. The highest BCUT2D eigenvalue weighted by atomic mass is 16.7. The van der Waals surface area contributed by atoms with Crippen molar-refractivity contribution in [3.63, 3.8) is 0 Å². The third kappa shape index (κ3) is 2.78. The lowest BCUT2D eigenvalue weighted by Crippen LogP contribution is -2.47. The quantitative estimate of drug-likeness (QED) is 0.442. The summed E-state index contributed by atoms with van der Waals surface area (Å²) in [5.74, 6) is -0.411. The largest absolute Gasteiger partial charge is 0.458 e. The molecule has 34 heavy (non-hydrogen) atoms. The zero-order valence-corrected chi connectivity index (χ0v) is 18.4. The van der Waals surface area contributed by atoms with E-state index in [9.17, 15) is 19.5 Å². The number of fused-ring (bicyclic) bond motifs is 6. The Bertz CT molecular complexity index is 1480. The normalized spacial score (nSPS) is 22.0. The number of carbonyl (C=O) groups excluding carboxylic acids is 2. The van der Waals surface area contributed by atoms with Crippen LogP contribution >= 0.6 is 0 Å². The third-order valence-corrected chi connectivity index (χ3v) is 6.66. The number of aliphatic hydroxyl groups is 1. The molecular weight excluding hydrogens is 444 g/mol. The second-order valence-electron chi connectivity index (χ2n) is 8.58. The fraction of sp³-hybridized carbons (Fsp3) is 0.333. The number of esters is 2. The molecule has 1 N–H and O–H groups in total. The third-order valence-electron chi connectivity index (χ3n) is 6.66. The van der Waals surface area contributed by atoms with Crippen molar-refractivity contribution in [1.82, 2.24) is 9.55 Å². The van der Waals surface area contributed by atoms with Gasteiger partial charge in [0.05, 0.1) is 29.0 Å². The van der Waals surface area contributed by atoms with E-state index in [0.29, 0.717) is 28.4 Å². The Balaban J connectivity index is 1.56. The number of rotatable bonds is 2. The number of cyclic esters (lactones) is 1. The molecule has 0 unspecified atom stereocenters. The van der Waals surface area contributed by atoms with Gasteiger partial charge in [-0.25, -0.2) is 9.78 Å². The minimum Gasteiger partial charge on any atom is -0.458 e. The van der Waals surface area contributed by atoms with E-state index >= 15 is 0 Å². The fourth-order valence-electron chi connectivity index (χ4n) is 4.93. The highest BCUT2D eigenvalue weighted by Gasteiger charge is 2.50. The van der Waals surface area contributed by atoms with Crippen LogP contribution in [0.4, 0.5) is 0 Å². The van der Waals surface area contributed by atoms with Crippen LogP contribution < -0.4 is 15.0 Å². The van der Waals surface area contributed by atoms with Crippen molar-refractivity contribution in [3.8, 4) is 22.9 Å². The maximum absolute atomic E-state index is 13.5. The first-order valence-corrected chi connectivity index (χ1v) is 10.9. The van der Waals surface area contributed by atoms with Gasteiger partial charge in [0.15, 0.2) is 11.5 Å². The summed E-state index contributed by atoms with van der Waals surface area (Å²) in [7, 11) is 0. The van der Waals surface area contributed by atoms with Crippen LogP contribution in [0.5, 0.6) is 11.5 Å². The van der Waals surface area contributed by atoms with Crippen LogP contribution in [0.15, 0.2) is 29.1 Å². The highest BCUT2D eigenvalue weighted by molar-refractivity contribution is 5.87. The Morgan fingerprint density at radius 2 is 1.97 bits per heavy atom. The summed E-state index contributed by atoms with van der Waals surface area (Å²) in [6, 6.07) is 7.24. The molecule has 1 aromatic carbocycles. The Labute approximate surface area is 192 Å². The Morgan fingerprint density at radius 3 is 2.71 bits per heavy atom. The SMILES string of the molecule is CC[C@]1(O)c2cc3n(c(=O)c2COC(=O)[C@@H]1OC(C)=O)Cc1cc2cc4c(cc2nc1-3)OCO4. The molecule has 0 saturated carbocycles. The van der Waals surface area contributed by atoms with E-state index in [2.05, 4.69) is 0 Å². The number of ether oxygens (including phenoxy) is 4. The molecule has 0 aliphatic carbocycles.